The highest BCUT2D eigenvalue weighted by Gasteiger charge is 2.34. The van der Waals surface area contributed by atoms with Crippen molar-refractivity contribution in [3.05, 3.63) is 23.3 Å². The van der Waals surface area contributed by atoms with Crippen molar-refractivity contribution >= 4 is 11.6 Å². The largest absolute Gasteiger partial charge is 0.496 e. The van der Waals surface area contributed by atoms with Crippen LogP contribution in [0.15, 0.2) is 12.1 Å². The summed E-state index contributed by atoms with van der Waals surface area (Å²) < 4.78 is 5.41. The van der Waals surface area contributed by atoms with Crippen LogP contribution in [-0.4, -0.2) is 26.1 Å². The Labute approximate surface area is 120 Å². The van der Waals surface area contributed by atoms with E-state index in [4.69, 9.17) is 4.74 Å². The maximum atomic E-state index is 12.5. The van der Waals surface area contributed by atoms with Crippen LogP contribution in [0.5, 0.6) is 5.75 Å². The van der Waals surface area contributed by atoms with Gasteiger partial charge in [0.15, 0.2) is 0 Å². The van der Waals surface area contributed by atoms with Crippen LogP contribution in [0.25, 0.3) is 0 Å². The van der Waals surface area contributed by atoms with Crippen LogP contribution in [0.1, 0.15) is 30.9 Å². The third-order valence-corrected chi connectivity index (χ3v) is 4.31. The molecule has 0 atom stereocenters. The molecule has 1 aliphatic rings. The minimum Gasteiger partial charge on any atom is -0.496 e. The Balaban J connectivity index is 2.19. The fourth-order valence-electron chi connectivity index (χ4n) is 2.76. The monoisotopic (exact) mass is 276 g/mol. The van der Waals surface area contributed by atoms with Crippen LogP contribution < -0.4 is 15.4 Å². The zero-order chi connectivity index (χ0) is 14.8. The molecule has 0 bridgehead atoms. The van der Waals surface area contributed by atoms with Crippen LogP contribution in [-0.2, 0) is 4.79 Å². The second-order valence-electron chi connectivity index (χ2n) is 5.85. The van der Waals surface area contributed by atoms with E-state index in [1.54, 1.807) is 7.11 Å². The molecule has 4 heteroatoms. The van der Waals surface area contributed by atoms with E-state index in [0.717, 1.165) is 48.5 Å². The van der Waals surface area contributed by atoms with Gasteiger partial charge in [-0.3, -0.25) is 4.79 Å². The van der Waals surface area contributed by atoms with E-state index in [0.29, 0.717) is 0 Å². The molecule has 1 aliphatic heterocycles. The third-order valence-electron chi connectivity index (χ3n) is 4.31. The third kappa shape index (κ3) is 2.80. The van der Waals surface area contributed by atoms with Gasteiger partial charge in [0.2, 0.25) is 5.91 Å². The number of aryl methyl sites for hydroxylation is 1. The van der Waals surface area contributed by atoms with Gasteiger partial charge in [-0.1, -0.05) is 13.0 Å². The Morgan fingerprint density at radius 2 is 1.95 bits per heavy atom. The quantitative estimate of drug-likeness (QED) is 0.892. The van der Waals surface area contributed by atoms with E-state index < -0.39 is 0 Å². The topological polar surface area (TPSA) is 50.4 Å². The van der Waals surface area contributed by atoms with Gasteiger partial charge in [-0.15, -0.1) is 0 Å². The summed E-state index contributed by atoms with van der Waals surface area (Å²) in [4.78, 5) is 12.5. The zero-order valence-electron chi connectivity index (χ0n) is 12.8. The molecular weight excluding hydrogens is 252 g/mol. The van der Waals surface area contributed by atoms with Gasteiger partial charge in [0.25, 0.3) is 0 Å². The predicted octanol–water partition coefficient (Wildman–Crippen LogP) is 2.64. The fourth-order valence-corrected chi connectivity index (χ4v) is 2.76. The van der Waals surface area contributed by atoms with Crippen molar-refractivity contribution in [1.29, 1.82) is 0 Å². The van der Waals surface area contributed by atoms with Gasteiger partial charge in [-0.05, 0) is 51.4 Å². The molecule has 0 aromatic heterocycles. The Hall–Kier alpha value is -1.55. The Bertz CT molecular complexity index is 505. The number of benzene rings is 1. The van der Waals surface area contributed by atoms with E-state index in [9.17, 15) is 4.79 Å². The minimum absolute atomic E-state index is 0.105. The van der Waals surface area contributed by atoms with Crippen molar-refractivity contribution in [2.24, 2.45) is 5.41 Å². The van der Waals surface area contributed by atoms with Crippen LogP contribution in [0.2, 0.25) is 0 Å². The van der Waals surface area contributed by atoms with Crippen molar-refractivity contribution in [2.45, 2.75) is 33.6 Å². The first-order valence-electron chi connectivity index (χ1n) is 7.14. The van der Waals surface area contributed by atoms with E-state index in [-0.39, 0.29) is 11.3 Å². The number of rotatable bonds is 3. The lowest BCUT2D eigenvalue weighted by atomic mass is 9.80. The Kier molecular flexibility index (Phi) is 4.33. The highest BCUT2D eigenvalue weighted by Crippen LogP contribution is 2.33. The summed E-state index contributed by atoms with van der Waals surface area (Å²) in [6.45, 7) is 7.84. The molecule has 1 fully saturated rings. The lowest BCUT2D eigenvalue weighted by molar-refractivity contribution is -0.126. The Morgan fingerprint density at radius 3 is 2.55 bits per heavy atom. The molecule has 20 heavy (non-hydrogen) atoms. The van der Waals surface area contributed by atoms with Gasteiger partial charge in [0.1, 0.15) is 5.75 Å². The molecule has 110 valence electrons. The van der Waals surface area contributed by atoms with Crippen LogP contribution in [0, 0.1) is 19.3 Å². The molecule has 1 aromatic carbocycles. The van der Waals surface area contributed by atoms with Gasteiger partial charge in [-0.2, -0.15) is 0 Å². The first-order valence-corrected chi connectivity index (χ1v) is 7.14. The number of hydrogen-bond donors (Lipinski definition) is 2. The van der Waals surface area contributed by atoms with Crippen molar-refractivity contribution < 1.29 is 9.53 Å². The molecule has 0 spiro atoms. The SMILES string of the molecule is COc1c(C)ccc(NC(=O)C2(C)CCNCC2)c1C. The van der Waals surface area contributed by atoms with E-state index in [1.807, 2.05) is 32.9 Å². The van der Waals surface area contributed by atoms with Crippen molar-refractivity contribution in [1.82, 2.24) is 5.32 Å². The molecule has 1 saturated heterocycles. The number of carbonyl (C=O) groups is 1. The van der Waals surface area contributed by atoms with Gasteiger partial charge >= 0.3 is 0 Å². The number of hydrogen-bond acceptors (Lipinski definition) is 3. The second-order valence-corrected chi connectivity index (χ2v) is 5.85. The average Bonchev–Trinajstić information content (AvgIpc) is 2.43. The molecule has 0 unspecified atom stereocenters. The normalized spacial score (nSPS) is 17.6. The van der Waals surface area contributed by atoms with Crippen molar-refractivity contribution in [2.75, 3.05) is 25.5 Å². The molecular formula is C16H24N2O2. The summed E-state index contributed by atoms with van der Waals surface area (Å²) in [6, 6.07) is 3.93. The van der Waals surface area contributed by atoms with E-state index >= 15 is 0 Å². The van der Waals surface area contributed by atoms with E-state index in [1.165, 1.54) is 0 Å². The molecule has 0 radical (unpaired) electrons. The number of ether oxygens (including phenoxy) is 1. The average molecular weight is 276 g/mol. The highest BCUT2D eigenvalue weighted by atomic mass is 16.5. The number of nitrogens with one attached hydrogen (secondary N) is 2. The summed E-state index contributed by atoms with van der Waals surface area (Å²) in [5.74, 6) is 0.950. The van der Waals surface area contributed by atoms with Gasteiger partial charge in [0, 0.05) is 16.7 Å². The first kappa shape index (κ1) is 14.9. The highest BCUT2D eigenvalue weighted by molar-refractivity contribution is 5.96. The standard InChI is InChI=1S/C16H24N2O2/c1-11-5-6-13(12(2)14(11)20-4)18-15(19)16(3)7-9-17-10-8-16/h5-6,17H,7-10H2,1-4H3,(H,18,19). The minimum atomic E-state index is -0.282. The van der Waals surface area contributed by atoms with E-state index in [2.05, 4.69) is 10.6 Å². The first-order chi connectivity index (χ1) is 9.48. The summed E-state index contributed by atoms with van der Waals surface area (Å²) >= 11 is 0. The smallest absolute Gasteiger partial charge is 0.230 e. The lowest BCUT2D eigenvalue weighted by Crippen LogP contribution is -2.42. The molecule has 0 aliphatic carbocycles. The fraction of sp³-hybridized carbons (Fsp3) is 0.562. The molecule has 2 rings (SSSR count). The van der Waals surface area contributed by atoms with Crippen LogP contribution >= 0.6 is 0 Å². The van der Waals surface area contributed by atoms with Gasteiger partial charge in [-0.25, -0.2) is 0 Å². The van der Waals surface area contributed by atoms with Gasteiger partial charge in [0.05, 0.1) is 7.11 Å². The number of piperidine rings is 1. The van der Waals surface area contributed by atoms with Gasteiger partial charge < -0.3 is 15.4 Å². The predicted molar refractivity (Wildman–Crippen MR) is 81.3 cm³/mol. The summed E-state index contributed by atoms with van der Waals surface area (Å²) in [6.07, 6.45) is 1.75. The summed E-state index contributed by atoms with van der Waals surface area (Å²) in [5, 5.41) is 6.37. The van der Waals surface area contributed by atoms with Crippen LogP contribution in [0.3, 0.4) is 0 Å². The molecule has 1 aromatic rings. The number of amides is 1. The Morgan fingerprint density at radius 1 is 1.30 bits per heavy atom. The second kappa shape index (κ2) is 5.83. The van der Waals surface area contributed by atoms with Crippen molar-refractivity contribution in [3.63, 3.8) is 0 Å². The summed E-state index contributed by atoms with van der Waals surface area (Å²) in [5.41, 5.74) is 2.63. The maximum absolute atomic E-state index is 12.5. The lowest BCUT2D eigenvalue weighted by Gasteiger charge is -2.32. The molecule has 4 nitrogen and oxygen atoms in total. The molecule has 1 heterocycles. The molecule has 1 amide bonds. The number of methoxy groups -OCH3 is 1. The molecule has 0 saturated carbocycles. The zero-order valence-corrected chi connectivity index (χ0v) is 12.8. The maximum Gasteiger partial charge on any atom is 0.230 e. The molecule has 2 N–H and O–H groups in total. The number of anilines is 1. The van der Waals surface area contributed by atoms with Crippen LogP contribution in [0.4, 0.5) is 5.69 Å². The number of carbonyl (C=O) groups excluding carboxylic acids is 1. The van der Waals surface area contributed by atoms with Crippen molar-refractivity contribution in [3.8, 4) is 5.75 Å². The summed E-state index contributed by atoms with van der Waals surface area (Å²) in [7, 11) is 1.66.